The van der Waals surface area contributed by atoms with E-state index in [2.05, 4.69) is 5.32 Å². The molecule has 1 heterocycles. The third kappa shape index (κ3) is 5.90. The van der Waals surface area contributed by atoms with Gasteiger partial charge in [-0.1, -0.05) is 0 Å². The van der Waals surface area contributed by atoms with Gasteiger partial charge in [0.1, 0.15) is 12.4 Å². The first-order valence-corrected chi connectivity index (χ1v) is 12.2. The molecule has 0 bridgehead atoms. The van der Waals surface area contributed by atoms with E-state index in [0.29, 0.717) is 38.2 Å². The highest BCUT2D eigenvalue weighted by atomic mass is 32.2. The molecule has 1 saturated heterocycles. The number of ether oxygens (including phenoxy) is 1. The molecule has 1 N–H and O–H groups in total. The quantitative estimate of drug-likeness (QED) is 0.582. The standard InChI is InChI=1S/C17H27N3O6S2/c1-19(2)28(24,25)16-6-4-15(5-7-16)26-13-10-18-17(21)14-8-11-20(12-9-14)27(3,22)23/h4-7,14H,8-13H2,1-3H3,(H,18,21). The molecule has 1 aromatic carbocycles. The van der Waals surface area contributed by atoms with Gasteiger partial charge in [-0.25, -0.2) is 25.4 Å². The van der Waals surface area contributed by atoms with Crippen LogP contribution in [0.15, 0.2) is 29.2 Å². The monoisotopic (exact) mass is 433 g/mol. The summed E-state index contributed by atoms with van der Waals surface area (Å²) < 4.78 is 55.0. The van der Waals surface area contributed by atoms with E-state index < -0.39 is 20.0 Å². The minimum atomic E-state index is -3.48. The van der Waals surface area contributed by atoms with E-state index >= 15 is 0 Å². The van der Waals surface area contributed by atoms with Crippen molar-refractivity contribution in [2.45, 2.75) is 17.7 Å². The van der Waals surface area contributed by atoms with Crippen LogP contribution in [0.2, 0.25) is 0 Å². The first-order valence-electron chi connectivity index (χ1n) is 8.90. The highest BCUT2D eigenvalue weighted by Crippen LogP contribution is 2.20. The summed E-state index contributed by atoms with van der Waals surface area (Å²) in [5, 5.41) is 2.79. The number of hydrogen-bond acceptors (Lipinski definition) is 6. The van der Waals surface area contributed by atoms with Crippen LogP contribution in [0.3, 0.4) is 0 Å². The minimum Gasteiger partial charge on any atom is -0.492 e. The molecule has 0 unspecified atom stereocenters. The number of nitrogens with zero attached hydrogens (tertiary/aromatic N) is 2. The van der Waals surface area contributed by atoms with Gasteiger partial charge in [-0.05, 0) is 37.1 Å². The number of carbonyl (C=O) groups excluding carboxylic acids is 1. The number of piperidine rings is 1. The zero-order chi connectivity index (χ0) is 20.9. The number of rotatable bonds is 8. The van der Waals surface area contributed by atoms with Gasteiger partial charge in [0, 0.05) is 33.1 Å². The normalized spacial score (nSPS) is 16.9. The molecular formula is C17H27N3O6S2. The molecule has 1 aliphatic heterocycles. The fraction of sp³-hybridized carbons (Fsp3) is 0.588. The van der Waals surface area contributed by atoms with Crippen molar-refractivity contribution >= 4 is 26.0 Å². The van der Waals surface area contributed by atoms with Crippen LogP contribution >= 0.6 is 0 Å². The summed E-state index contributed by atoms with van der Waals surface area (Å²) in [4.78, 5) is 12.4. The highest BCUT2D eigenvalue weighted by Gasteiger charge is 2.28. The summed E-state index contributed by atoms with van der Waals surface area (Å²) in [5.41, 5.74) is 0. The molecule has 0 saturated carbocycles. The van der Waals surface area contributed by atoms with Crippen LogP contribution in [-0.2, 0) is 24.8 Å². The summed E-state index contributed by atoms with van der Waals surface area (Å²) in [6.07, 6.45) is 2.18. The summed E-state index contributed by atoms with van der Waals surface area (Å²) in [7, 11) is -3.75. The Bertz CT molecular complexity index is 874. The van der Waals surface area contributed by atoms with E-state index in [1.54, 1.807) is 12.1 Å². The summed E-state index contributed by atoms with van der Waals surface area (Å²) in [6.45, 7) is 1.27. The van der Waals surface area contributed by atoms with E-state index in [0.717, 1.165) is 4.31 Å². The Hall–Kier alpha value is -1.69. The first-order chi connectivity index (χ1) is 13.0. The number of benzene rings is 1. The zero-order valence-corrected chi connectivity index (χ0v) is 17.9. The number of nitrogens with one attached hydrogen (secondary N) is 1. The van der Waals surface area contributed by atoms with Crippen LogP contribution in [0.5, 0.6) is 5.75 Å². The fourth-order valence-electron chi connectivity index (χ4n) is 2.86. The molecule has 0 atom stereocenters. The lowest BCUT2D eigenvalue weighted by atomic mass is 9.97. The van der Waals surface area contributed by atoms with Gasteiger partial charge >= 0.3 is 0 Å². The molecule has 1 amide bonds. The van der Waals surface area contributed by atoms with Crippen molar-refractivity contribution in [2.24, 2.45) is 5.92 Å². The summed E-state index contributed by atoms with van der Waals surface area (Å²) in [6, 6.07) is 6.08. The number of carbonyl (C=O) groups is 1. The van der Waals surface area contributed by atoms with Crippen LogP contribution in [0.25, 0.3) is 0 Å². The SMILES string of the molecule is CN(C)S(=O)(=O)c1ccc(OCCNC(=O)C2CCN(S(C)(=O)=O)CC2)cc1. The van der Waals surface area contributed by atoms with Gasteiger partial charge in [-0.2, -0.15) is 0 Å². The second-order valence-electron chi connectivity index (χ2n) is 6.83. The van der Waals surface area contributed by atoms with Crippen molar-refractivity contribution in [3.05, 3.63) is 24.3 Å². The fourth-order valence-corrected chi connectivity index (χ4v) is 4.63. The Kier molecular flexibility index (Phi) is 7.43. The maximum atomic E-state index is 12.2. The molecule has 2 rings (SSSR count). The molecule has 0 aromatic heterocycles. The molecule has 1 aliphatic rings. The summed E-state index contributed by atoms with van der Waals surface area (Å²) >= 11 is 0. The maximum absolute atomic E-state index is 12.2. The van der Waals surface area contributed by atoms with Crippen molar-refractivity contribution in [2.75, 3.05) is 46.6 Å². The Morgan fingerprint density at radius 3 is 2.21 bits per heavy atom. The van der Waals surface area contributed by atoms with Crippen molar-refractivity contribution in [3.8, 4) is 5.75 Å². The third-order valence-corrected chi connectivity index (χ3v) is 7.70. The van der Waals surface area contributed by atoms with Gasteiger partial charge in [0.25, 0.3) is 0 Å². The van der Waals surface area contributed by atoms with Gasteiger partial charge in [0.15, 0.2) is 0 Å². The van der Waals surface area contributed by atoms with Gasteiger partial charge in [0.05, 0.1) is 17.7 Å². The lowest BCUT2D eigenvalue weighted by Crippen LogP contribution is -2.43. The number of hydrogen-bond donors (Lipinski definition) is 1. The average molecular weight is 434 g/mol. The molecule has 9 nitrogen and oxygen atoms in total. The van der Waals surface area contributed by atoms with Crippen LogP contribution in [0, 0.1) is 5.92 Å². The topological polar surface area (TPSA) is 113 Å². The van der Waals surface area contributed by atoms with E-state index in [-0.39, 0.29) is 23.3 Å². The molecule has 28 heavy (non-hydrogen) atoms. The first kappa shape index (κ1) is 22.6. The van der Waals surface area contributed by atoms with E-state index in [4.69, 9.17) is 4.74 Å². The van der Waals surface area contributed by atoms with E-state index in [9.17, 15) is 21.6 Å². The van der Waals surface area contributed by atoms with Crippen LogP contribution in [-0.4, -0.2) is 77.9 Å². The molecule has 11 heteroatoms. The van der Waals surface area contributed by atoms with Crippen LogP contribution in [0.1, 0.15) is 12.8 Å². The van der Waals surface area contributed by atoms with Gasteiger partial charge in [0.2, 0.25) is 26.0 Å². The van der Waals surface area contributed by atoms with E-state index in [1.807, 2.05) is 0 Å². The smallest absolute Gasteiger partial charge is 0.242 e. The maximum Gasteiger partial charge on any atom is 0.242 e. The lowest BCUT2D eigenvalue weighted by Gasteiger charge is -2.29. The molecule has 0 aliphatic carbocycles. The highest BCUT2D eigenvalue weighted by molar-refractivity contribution is 7.89. The largest absolute Gasteiger partial charge is 0.492 e. The van der Waals surface area contributed by atoms with Crippen molar-refractivity contribution in [3.63, 3.8) is 0 Å². The second-order valence-corrected chi connectivity index (χ2v) is 11.0. The van der Waals surface area contributed by atoms with Gasteiger partial charge < -0.3 is 10.1 Å². The molecule has 1 aromatic rings. The zero-order valence-electron chi connectivity index (χ0n) is 16.3. The van der Waals surface area contributed by atoms with Crippen molar-refractivity contribution in [1.29, 1.82) is 0 Å². The lowest BCUT2D eigenvalue weighted by molar-refractivity contribution is -0.126. The Balaban J connectivity index is 1.74. The van der Waals surface area contributed by atoms with E-state index in [1.165, 1.54) is 36.8 Å². The van der Waals surface area contributed by atoms with Gasteiger partial charge in [-0.15, -0.1) is 0 Å². The molecule has 0 spiro atoms. The number of sulfonamides is 2. The Labute approximate surface area is 166 Å². The second kappa shape index (κ2) is 9.21. The minimum absolute atomic E-state index is 0.107. The number of amides is 1. The van der Waals surface area contributed by atoms with Crippen LogP contribution < -0.4 is 10.1 Å². The van der Waals surface area contributed by atoms with Crippen molar-refractivity contribution < 1.29 is 26.4 Å². The average Bonchev–Trinajstić information content (AvgIpc) is 2.64. The third-order valence-electron chi connectivity index (χ3n) is 4.57. The van der Waals surface area contributed by atoms with Gasteiger partial charge in [-0.3, -0.25) is 4.79 Å². The predicted octanol–water partition coefficient (Wildman–Crippen LogP) is 0.104. The Morgan fingerprint density at radius 2 is 1.71 bits per heavy atom. The Morgan fingerprint density at radius 1 is 1.14 bits per heavy atom. The molecule has 1 fully saturated rings. The predicted molar refractivity (Wildman–Crippen MR) is 105 cm³/mol. The molecule has 158 valence electrons. The molecular weight excluding hydrogens is 406 g/mol. The van der Waals surface area contributed by atoms with Crippen molar-refractivity contribution in [1.82, 2.24) is 13.9 Å². The summed E-state index contributed by atoms with van der Waals surface area (Å²) in [5.74, 6) is 0.200. The molecule has 0 radical (unpaired) electrons. The van der Waals surface area contributed by atoms with Crippen LogP contribution in [0.4, 0.5) is 0 Å².